The summed E-state index contributed by atoms with van der Waals surface area (Å²) >= 11 is 0. The zero-order chi connectivity index (χ0) is 22.6. The van der Waals surface area contributed by atoms with E-state index in [0.29, 0.717) is 31.1 Å². The van der Waals surface area contributed by atoms with Crippen molar-refractivity contribution in [1.82, 2.24) is 0 Å². The molecule has 0 aromatic heterocycles. The summed E-state index contributed by atoms with van der Waals surface area (Å²) in [5.41, 5.74) is 0.421. The normalized spacial score (nSPS) is 44.1. The molecule has 5 heteroatoms. The average molecular weight is 431 g/mol. The SMILES string of the molecule is CC(=O)[C@@]1(CCCCC(=O)O)CC[C@H]2[C@@H]3CCC4=CC(=O)CC[C@]4(C)[C@H]3[C@@H](O)C[C@@]21C. The largest absolute Gasteiger partial charge is 0.481 e. The Morgan fingerprint density at radius 3 is 2.55 bits per heavy atom. The van der Waals surface area contributed by atoms with Crippen molar-refractivity contribution in [2.45, 2.75) is 97.5 Å². The molecule has 3 saturated carbocycles. The standard InChI is InChI=1S/C26H38O5/c1-16(27)26(11-5-4-6-22(30)31)13-10-20-19-8-7-17-14-18(28)9-12-24(17,2)23(19)21(29)15-25(20,26)3/h14,19-21,23,29H,4-13,15H2,1-3H3,(H,30,31)/t19-,20-,21-,23+,24-,25-,26+/m0/s1. The fourth-order valence-corrected chi connectivity index (χ4v) is 8.67. The van der Waals surface area contributed by atoms with Gasteiger partial charge in [0.25, 0.3) is 0 Å². The van der Waals surface area contributed by atoms with Crippen LogP contribution in [0.4, 0.5) is 0 Å². The first-order valence-corrected chi connectivity index (χ1v) is 12.2. The summed E-state index contributed by atoms with van der Waals surface area (Å²) in [7, 11) is 0. The number of allylic oxidation sites excluding steroid dienone is 1. The monoisotopic (exact) mass is 430 g/mol. The van der Waals surface area contributed by atoms with E-state index in [1.807, 2.05) is 6.08 Å². The van der Waals surface area contributed by atoms with Gasteiger partial charge in [-0.3, -0.25) is 14.4 Å². The van der Waals surface area contributed by atoms with Gasteiger partial charge in [-0.05, 0) is 93.0 Å². The molecule has 0 bridgehead atoms. The van der Waals surface area contributed by atoms with Gasteiger partial charge < -0.3 is 10.2 Å². The van der Waals surface area contributed by atoms with Gasteiger partial charge in [0.15, 0.2) is 5.78 Å². The smallest absolute Gasteiger partial charge is 0.303 e. The fraction of sp³-hybridized carbons (Fsp3) is 0.808. The second-order valence-corrected chi connectivity index (χ2v) is 11.4. The number of Topliss-reactive ketones (excluding diaryl/α,β-unsaturated/α-hetero) is 1. The third-order valence-electron chi connectivity index (χ3n) is 10.2. The molecule has 31 heavy (non-hydrogen) atoms. The Bertz CT molecular complexity index is 815. The molecule has 0 amide bonds. The number of carboxylic acids is 1. The molecule has 5 nitrogen and oxygen atoms in total. The van der Waals surface area contributed by atoms with Crippen LogP contribution in [0.5, 0.6) is 0 Å². The van der Waals surface area contributed by atoms with Crippen LogP contribution in [0, 0.1) is 34.0 Å². The van der Waals surface area contributed by atoms with E-state index < -0.39 is 17.5 Å². The van der Waals surface area contributed by atoms with E-state index >= 15 is 0 Å². The van der Waals surface area contributed by atoms with Crippen molar-refractivity contribution in [1.29, 1.82) is 0 Å². The minimum atomic E-state index is -0.784. The van der Waals surface area contributed by atoms with Gasteiger partial charge in [0.05, 0.1) is 6.10 Å². The van der Waals surface area contributed by atoms with Crippen LogP contribution < -0.4 is 0 Å². The Balaban J connectivity index is 1.63. The number of aliphatic hydroxyl groups excluding tert-OH is 1. The van der Waals surface area contributed by atoms with E-state index in [-0.39, 0.29) is 34.7 Å². The number of carbonyl (C=O) groups is 3. The van der Waals surface area contributed by atoms with Crippen LogP contribution in [0.1, 0.15) is 91.4 Å². The van der Waals surface area contributed by atoms with Crippen molar-refractivity contribution in [2.75, 3.05) is 0 Å². The lowest BCUT2D eigenvalue weighted by molar-refractivity contribution is -0.161. The van der Waals surface area contributed by atoms with Gasteiger partial charge in [0, 0.05) is 18.3 Å². The fourth-order valence-electron chi connectivity index (χ4n) is 8.67. The molecule has 172 valence electrons. The Hall–Kier alpha value is -1.49. The number of unbranched alkanes of at least 4 members (excludes halogenated alkanes) is 1. The lowest BCUT2D eigenvalue weighted by atomic mass is 9.43. The maximum atomic E-state index is 13.1. The van der Waals surface area contributed by atoms with E-state index in [0.717, 1.165) is 44.9 Å². The molecule has 0 aliphatic heterocycles. The number of rotatable bonds is 6. The molecule has 0 radical (unpaired) electrons. The Labute approximate surface area is 185 Å². The highest BCUT2D eigenvalue weighted by atomic mass is 16.4. The minimum absolute atomic E-state index is 0.111. The molecule has 4 aliphatic carbocycles. The van der Waals surface area contributed by atoms with Crippen LogP contribution in [-0.2, 0) is 14.4 Å². The highest BCUT2D eigenvalue weighted by molar-refractivity contribution is 5.91. The maximum absolute atomic E-state index is 13.1. The van der Waals surface area contributed by atoms with Crippen molar-refractivity contribution < 1.29 is 24.6 Å². The number of aliphatic hydroxyl groups is 1. The van der Waals surface area contributed by atoms with Crippen molar-refractivity contribution in [3.8, 4) is 0 Å². The molecule has 0 spiro atoms. The molecule has 0 heterocycles. The number of hydrogen-bond acceptors (Lipinski definition) is 4. The van der Waals surface area contributed by atoms with Gasteiger partial charge in [-0.2, -0.15) is 0 Å². The van der Waals surface area contributed by atoms with Gasteiger partial charge >= 0.3 is 5.97 Å². The lowest BCUT2D eigenvalue weighted by Gasteiger charge is -2.61. The van der Waals surface area contributed by atoms with Crippen molar-refractivity contribution in [3.05, 3.63) is 11.6 Å². The number of fused-ring (bicyclic) bond motifs is 5. The van der Waals surface area contributed by atoms with Gasteiger partial charge in [-0.25, -0.2) is 0 Å². The third kappa shape index (κ3) is 3.34. The molecule has 0 unspecified atom stereocenters. The number of carboxylic acid groups (broad SMARTS) is 1. The summed E-state index contributed by atoms with van der Waals surface area (Å²) in [5, 5.41) is 20.5. The Morgan fingerprint density at radius 2 is 1.87 bits per heavy atom. The first-order valence-electron chi connectivity index (χ1n) is 12.2. The van der Waals surface area contributed by atoms with Crippen LogP contribution in [0.15, 0.2) is 11.6 Å². The highest BCUT2D eigenvalue weighted by Gasteiger charge is 2.67. The van der Waals surface area contributed by atoms with Gasteiger partial charge in [0.2, 0.25) is 0 Å². The minimum Gasteiger partial charge on any atom is -0.481 e. The zero-order valence-corrected chi connectivity index (χ0v) is 19.3. The molecule has 0 aromatic carbocycles. The predicted octanol–water partition coefficient (Wildman–Crippen LogP) is 4.71. The van der Waals surface area contributed by atoms with E-state index in [4.69, 9.17) is 5.11 Å². The average Bonchev–Trinajstić information content (AvgIpc) is 2.98. The zero-order valence-electron chi connectivity index (χ0n) is 19.3. The van der Waals surface area contributed by atoms with E-state index in [2.05, 4.69) is 13.8 Å². The molecule has 0 aromatic rings. The van der Waals surface area contributed by atoms with Crippen LogP contribution in [-0.4, -0.2) is 33.9 Å². The lowest BCUT2D eigenvalue weighted by Crippen LogP contribution is -2.59. The number of hydrogen-bond donors (Lipinski definition) is 2. The second-order valence-electron chi connectivity index (χ2n) is 11.4. The van der Waals surface area contributed by atoms with Crippen LogP contribution in [0.25, 0.3) is 0 Å². The van der Waals surface area contributed by atoms with Crippen LogP contribution in [0.2, 0.25) is 0 Å². The first-order chi connectivity index (χ1) is 14.5. The van der Waals surface area contributed by atoms with Crippen molar-refractivity contribution in [3.63, 3.8) is 0 Å². The molecule has 7 atom stereocenters. The van der Waals surface area contributed by atoms with Crippen LogP contribution >= 0.6 is 0 Å². The number of ketones is 2. The third-order valence-corrected chi connectivity index (χ3v) is 10.2. The number of carbonyl (C=O) groups excluding carboxylic acids is 2. The summed E-state index contributed by atoms with van der Waals surface area (Å²) in [5.74, 6) is 0.592. The topological polar surface area (TPSA) is 91.7 Å². The summed E-state index contributed by atoms with van der Waals surface area (Å²) in [4.78, 5) is 36.1. The Kier molecular flexibility index (Phi) is 5.73. The molecule has 0 saturated heterocycles. The van der Waals surface area contributed by atoms with Gasteiger partial charge in [0.1, 0.15) is 5.78 Å². The van der Waals surface area contributed by atoms with E-state index in [1.165, 1.54) is 5.57 Å². The second kappa shape index (κ2) is 7.83. The molecule has 4 aliphatic rings. The van der Waals surface area contributed by atoms with Gasteiger partial charge in [-0.1, -0.05) is 25.8 Å². The van der Waals surface area contributed by atoms with Crippen LogP contribution in [0.3, 0.4) is 0 Å². The van der Waals surface area contributed by atoms with Crippen molar-refractivity contribution >= 4 is 17.5 Å². The maximum Gasteiger partial charge on any atom is 0.303 e. The molecular weight excluding hydrogens is 392 g/mol. The number of aliphatic carboxylic acids is 1. The summed E-state index contributed by atoms with van der Waals surface area (Å²) in [6.45, 7) is 6.20. The summed E-state index contributed by atoms with van der Waals surface area (Å²) in [6, 6.07) is 0. The van der Waals surface area contributed by atoms with Crippen molar-refractivity contribution in [2.24, 2.45) is 34.0 Å². The quantitative estimate of drug-likeness (QED) is 0.596. The highest BCUT2D eigenvalue weighted by Crippen LogP contribution is 2.71. The predicted molar refractivity (Wildman–Crippen MR) is 117 cm³/mol. The Morgan fingerprint density at radius 1 is 1.13 bits per heavy atom. The first kappa shape index (κ1) is 22.7. The molecule has 3 fully saturated rings. The van der Waals surface area contributed by atoms with E-state index in [9.17, 15) is 19.5 Å². The molecular formula is C26H38O5. The summed E-state index contributed by atoms with van der Waals surface area (Å²) < 4.78 is 0. The molecule has 4 rings (SSSR count). The molecule has 2 N–H and O–H groups in total. The summed E-state index contributed by atoms with van der Waals surface area (Å²) in [6.07, 6.45) is 9.40. The van der Waals surface area contributed by atoms with Gasteiger partial charge in [-0.15, -0.1) is 0 Å². The van der Waals surface area contributed by atoms with E-state index in [1.54, 1.807) is 6.92 Å².